The van der Waals surface area contributed by atoms with E-state index in [1.165, 1.54) is 30.6 Å². The molecule has 208 valence electrons. The molecule has 0 aliphatic carbocycles. The van der Waals surface area contributed by atoms with Gasteiger partial charge in [0.15, 0.2) is 0 Å². The molecule has 4 N–H and O–H groups in total. The number of nitrogens with two attached hydrogens (primary N) is 1. The second kappa shape index (κ2) is 11.2. The van der Waals surface area contributed by atoms with Gasteiger partial charge in [-0.1, -0.05) is 0 Å². The molecule has 1 aromatic carbocycles. The van der Waals surface area contributed by atoms with E-state index in [-0.39, 0.29) is 34.7 Å². The molecule has 0 fully saturated rings. The second-order valence-electron chi connectivity index (χ2n) is 8.73. The summed E-state index contributed by atoms with van der Waals surface area (Å²) in [7, 11) is 0. The third-order valence-corrected chi connectivity index (χ3v) is 5.93. The number of ether oxygens (including phenoxy) is 1. The average molecular weight is 558 g/mol. The first kappa shape index (κ1) is 28.4. The van der Waals surface area contributed by atoms with Gasteiger partial charge in [-0.3, -0.25) is 19.6 Å². The Hall–Kier alpha value is -4.65. The highest BCUT2D eigenvalue weighted by atomic mass is 19.4. The minimum absolute atomic E-state index is 0.0508. The van der Waals surface area contributed by atoms with Crippen LogP contribution in [0.5, 0.6) is 5.75 Å². The summed E-state index contributed by atoms with van der Waals surface area (Å²) in [5, 5.41) is 13.1. The molecule has 0 saturated carbocycles. The molecule has 0 bridgehead atoms. The molecule has 0 aliphatic heterocycles. The highest BCUT2D eigenvalue weighted by Crippen LogP contribution is 2.42. The molecule has 4 rings (SSSR count). The van der Waals surface area contributed by atoms with Crippen molar-refractivity contribution in [2.75, 3.05) is 13.2 Å². The van der Waals surface area contributed by atoms with Crippen LogP contribution >= 0.6 is 0 Å². The van der Waals surface area contributed by atoms with Crippen molar-refractivity contribution in [2.24, 2.45) is 5.73 Å². The van der Waals surface area contributed by atoms with E-state index < -0.39 is 48.1 Å². The van der Waals surface area contributed by atoms with Gasteiger partial charge in [-0.15, -0.1) is 0 Å². The smallest absolute Gasteiger partial charge is 0.424 e. The topological polar surface area (TPSA) is 140 Å². The van der Waals surface area contributed by atoms with Crippen molar-refractivity contribution in [3.05, 3.63) is 83.6 Å². The Morgan fingerprint density at radius 3 is 2.45 bits per heavy atom. The molecule has 1 atom stereocenters. The number of nitrogens with zero attached hydrogens (tertiary/aromatic N) is 3. The van der Waals surface area contributed by atoms with Gasteiger partial charge in [0.1, 0.15) is 17.3 Å². The number of aliphatic hydroxyl groups is 1. The van der Waals surface area contributed by atoms with Gasteiger partial charge < -0.3 is 20.9 Å². The Morgan fingerprint density at radius 1 is 1.07 bits per heavy atom. The van der Waals surface area contributed by atoms with Crippen LogP contribution < -0.4 is 15.8 Å². The van der Waals surface area contributed by atoms with Crippen LogP contribution in [0.25, 0.3) is 22.3 Å². The van der Waals surface area contributed by atoms with Crippen LogP contribution in [-0.4, -0.2) is 51.2 Å². The quantitative estimate of drug-likeness (QED) is 0.268. The zero-order valence-electron chi connectivity index (χ0n) is 21.0. The van der Waals surface area contributed by atoms with E-state index in [1.54, 1.807) is 19.1 Å². The number of alkyl halides is 3. The molecule has 13 heteroatoms. The molecule has 3 aromatic heterocycles. The molecule has 0 radical (unpaired) electrons. The van der Waals surface area contributed by atoms with Crippen LogP contribution in [0.4, 0.5) is 17.6 Å². The maximum absolute atomic E-state index is 14.4. The summed E-state index contributed by atoms with van der Waals surface area (Å²) >= 11 is 0. The summed E-state index contributed by atoms with van der Waals surface area (Å²) in [6.45, 7) is 0.319. The monoisotopic (exact) mass is 557 g/mol. The average Bonchev–Trinajstić information content (AvgIpc) is 2.91. The number of fused-ring (bicyclic) bond motifs is 1. The zero-order valence-corrected chi connectivity index (χ0v) is 21.0. The molecule has 0 spiro atoms. The van der Waals surface area contributed by atoms with Crippen LogP contribution in [0.15, 0.2) is 60.9 Å². The van der Waals surface area contributed by atoms with Gasteiger partial charge in [0, 0.05) is 23.5 Å². The van der Waals surface area contributed by atoms with E-state index in [1.807, 2.05) is 0 Å². The van der Waals surface area contributed by atoms with Crippen molar-refractivity contribution >= 4 is 22.8 Å². The number of carbonyl (C=O) groups excluding carboxylic acids is 2. The van der Waals surface area contributed by atoms with Crippen molar-refractivity contribution in [3.63, 3.8) is 0 Å². The minimum atomic E-state index is -5.34. The van der Waals surface area contributed by atoms with Crippen molar-refractivity contribution in [2.45, 2.75) is 25.1 Å². The first-order valence-corrected chi connectivity index (χ1v) is 11.9. The minimum Gasteiger partial charge on any atom is -0.491 e. The molecule has 40 heavy (non-hydrogen) atoms. The van der Waals surface area contributed by atoms with Crippen molar-refractivity contribution in [3.8, 4) is 17.0 Å². The Balaban J connectivity index is 1.79. The summed E-state index contributed by atoms with van der Waals surface area (Å²) in [4.78, 5) is 36.7. The molecule has 3 heterocycles. The van der Waals surface area contributed by atoms with Crippen molar-refractivity contribution < 1.29 is 37.0 Å². The number of rotatable bonds is 9. The van der Waals surface area contributed by atoms with E-state index >= 15 is 0 Å². The maximum Gasteiger partial charge on any atom is 0.424 e. The predicted molar refractivity (Wildman–Crippen MR) is 136 cm³/mol. The Morgan fingerprint density at radius 2 is 1.80 bits per heavy atom. The first-order valence-electron chi connectivity index (χ1n) is 11.9. The normalized spacial score (nSPS) is 13.1. The van der Waals surface area contributed by atoms with E-state index in [2.05, 4.69) is 20.3 Å². The fourth-order valence-corrected chi connectivity index (χ4v) is 3.95. The largest absolute Gasteiger partial charge is 0.491 e. The van der Waals surface area contributed by atoms with E-state index in [0.29, 0.717) is 11.0 Å². The molecule has 0 aliphatic rings. The van der Waals surface area contributed by atoms with Gasteiger partial charge in [-0.05, 0) is 55.5 Å². The molecular weight excluding hydrogens is 534 g/mol. The molecule has 2 amide bonds. The van der Waals surface area contributed by atoms with Crippen LogP contribution in [0, 0.1) is 5.82 Å². The summed E-state index contributed by atoms with van der Waals surface area (Å²) in [5.41, 5.74) is 1.29. The van der Waals surface area contributed by atoms with E-state index in [9.17, 15) is 32.3 Å². The number of hydrogen-bond donors (Lipinski definition) is 3. The van der Waals surface area contributed by atoms with Crippen molar-refractivity contribution in [1.29, 1.82) is 0 Å². The lowest BCUT2D eigenvalue weighted by molar-refractivity contribution is -0.265. The third kappa shape index (κ3) is 5.83. The Kier molecular flexibility index (Phi) is 7.96. The van der Waals surface area contributed by atoms with Gasteiger partial charge in [-0.2, -0.15) is 13.2 Å². The number of halogens is 4. The number of amides is 2. The lowest BCUT2D eigenvalue weighted by Gasteiger charge is -2.31. The maximum atomic E-state index is 14.4. The van der Waals surface area contributed by atoms with E-state index in [0.717, 1.165) is 18.2 Å². The van der Waals surface area contributed by atoms with Gasteiger partial charge in [-0.25, -0.2) is 9.37 Å². The lowest BCUT2D eigenvalue weighted by atomic mass is 9.93. The van der Waals surface area contributed by atoms with Crippen LogP contribution in [0.3, 0.4) is 0 Å². The first-order chi connectivity index (χ1) is 18.9. The number of nitrogens with one attached hydrogen (secondary N) is 1. The molecule has 9 nitrogen and oxygen atoms in total. The van der Waals surface area contributed by atoms with Gasteiger partial charge in [0.05, 0.1) is 41.9 Å². The number of primary amides is 1. The third-order valence-electron chi connectivity index (χ3n) is 5.93. The molecule has 0 unspecified atom stereocenters. The van der Waals surface area contributed by atoms with Gasteiger partial charge >= 0.3 is 6.18 Å². The van der Waals surface area contributed by atoms with Crippen LogP contribution in [0.2, 0.25) is 0 Å². The number of carbonyl (C=O) groups is 2. The summed E-state index contributed by atoms with van der Waals surface area (Å²) in [6, 6.07) is 10.1. The lowest BCUT2D eigenvalue weighted by Crippen LogP contribution is -2.51. The highest BCUT2D eigenvalue weighted by molar-refractivity contribution is 5.96. The van der Waals surface area contributed by atoms with E-state index in [4.69, 9.17) is 10.5 Å². The second-order valence-corrected chi connectivity index (χ2v) is 8.73. The fraction of sp³-hybridized carbons (Fsp3) is 0.222. The predicted octanol–water partition coefficient (Wildman–Crippen LogP) is 3.44. The fourth-order valence-electron chi connectivity index (χ4n) is 3.95. The summed E-state index contributed by atoms with van der Waals surface area (Å²) < 4.78 is 62.5. The molecule has 4 aromatic rings. The highest BCUT2D eigenvalue weighted by Gasteiger charge is 2.56. The van der Waals surface area contributed by atoms with Crippen LogP contribution in [0.1, 0.15) is 28.5 Å². The van der Waals surface area contributed by atoms with Gasteiger partial charge in [0.25, 0.3) is 5.91 Å². The molecule has 0 saturated heterocycles. The van der Waals surface area contributed by atoms with Gasteiger partial charge in [0.2, 0.25) is 11.5 Å². The number of aromatic nitrogens is 3. The van der Waals surface area contributed by atoms with Crippen molar-refractivity contribution in [1.82, 2.24) is 20.3 Å². The Bertz CT molecular complexity index is 1560. The molecular formula is C27H23F4N5O4. The summed E-state index contributed by atoms with van der Waals surface area (Å²) in [5.74, 6) is -2.50. The number of pyridine rings is 3. The SMILES string of the molecule is CCOc1c(CC(N)=O)cc([C@@](O)(CNC(=O)c2cnc3cccnc3c2)C(F)(F)F)nc1-c1ccc(F)cc1. The number of hydrogen-bond acceptors (Lipinski definition) is 7. The standard InChI is InChI=1S/C27H23F4N5O4/c1-2-40-24-16(12-22(32)37)11-21(36-23(24)15-5-7-18(28)8-6-15)26(39,27(29,30)31)14-35-25(38)17-10-20-19(34-13-17)4-3-9-33-20/h3-11,13,39H,2,12,14H2,1H3,(H2,32,37)(H,35,38)/t26-/m0/s1. The Labute approximate surface area is 225 Å². The van der Waals surface area contributed by atoms with Crippen LogP contribution in [-0.2, 0) is 16.8 Å². The summed E-state index contributed by atoms with van der Waals surface area (Å²) in [6.07, 6.45) is -3.25. The zero-order chi connectivity index (χ0) is 29.1. The number of benzene rings is 1.